The molecule has 0 saturated heterocycles. The van der Waals surface area contributed by atoms with Gasteiger partial charge in [-0.25, -0.2) is 0 Å². The Hall–Kier alpha value is -1.00. The van der Waals surface area contributed by atoms with E-state index in [1.165, 1.54) is 5.56 Å². The average Bonchev–Trinajstić information content (AvgIpc) is 2.41. The van der Waals surface area contributed by atoms with Crippen LogP contribution in [0.15, 0.2) is 29.2 Å². The summed E-state index contributed by atoms with van der Waals surface area (Å²) in [7, 11) is 1.84. The molecule has 3 nitrogen and oxygen atoms in total. The minimum Gasteiger partial charge on any atom is -0.345 e. The van der Waals surface area contributed by atoms with Crippen LogP contribution in [0.4, 0.5) is 0 Å². The fourth-order valence-corrected chi connectivity index (χ4v) is 2.46. The molecule has 0 fully saturated rings. The van der Waals surface area contributed by atoms with Gasteiger partial charge in [-0.15, -0.1) is 11.8 Å². The fraction of sp³-hybridized carbons (Fsp3) is 0.562. The Labute approximate surface area is 127 Å². The molecule has 1 N–H and O–H groups in total. The van der Waals surface area contributed by atoms with Crippen molar-refractivity contribution < 1.29 is 4.79 Å². The van der Waals surface area contributed by atoms with Crippen molar-refractivity contribution in [2.75, 3.05) is 19.3 Å². The Kier molecular flexibility index (Phi) is 6.56. The van der Waals surface area contributed by atoms with E-state index in [2.05, 4.69) is 50.4 Å². The van der Waals surface area contributed by atoms with E-state index in [1.807, 2.05) is 14.0 Å². The van der Waals surface area contributed by atoms with Crippen molar-refractivity contribution in [3.63, 3.8) is 0 Å². The summed E-state index contributed by atoms with van der Waals surface area (Å²) in [4.78, 5) is 14.7. The lowest BCUT2D eigenvalue weighted by molar-refractivity contribution is -0.126. The maximum absolute atomic E-state index is 11.8. The molecule has 4 heteroatoms. The number of carbonyl (C=O) groups is 1. The number of amides is 1. The number of nitrogens with zero attached hydrogens (tertiary/aromatic N) is 1. The standard InChI is InChI=1S/C16H26N2OS/c1-6-18(5)15(19)12-20-14-9-7-8-13(10-14)11-17-16(2,3)4/h7-10,17H,6,11-12H2,1-5H3. The molecule has 0 aliphatic rings. The first-order chi connectivity index (χ1) is 9.31. The highest BCUT2D eigenvalue weighted by Gasteiger charge is 2.09. The van der Waals surface area contributed by atoms with Crippen molar-refractivity contribution in [1.29, 1.82) is 0 Å². The van der Waals surface area contributed by atoms with Crippen LogP contribution in [0.3, 0.4) is 0 Å². The molecule has 0 aromatic heterocycles. The predicted octanol–water partition coefficient (Wildman–Crippen LogP) is 3.15. The van der Waals surface area contributed by atoms with E-state index in [0.29, 0.717) is 5.75 Å². The molecule has 0 unspecified atom stereocenters. The van der Waals surface area contributed by atoms with Gasteiger partial charge in [0.1, 0.15) is 0 Å². The largest absolute Gasteiger partial charge is 0.345 e. The van der Waals surface area contributed by atoms with E-state index in [4.69, 9.17) is 0 Å². The smallest absolute Gasteiger partial charge is 0.232 e. The summed E-state index contributed by atoms with van der Waals surface area (Å²) in [5.41, 5.74) is 1.37. The first-order valence-corrected chi connectivity index (χ1v) is 8.01. The van der Waals surface area contributed by atoms with Crippen LogP contribution in [0, 0.1) is 0 Å². The van der Waals surface area contributed by atoms with Gasteiger partial charge in [0.25, 0.3) is 0 Å². The van der Waals surface area contributed by atoms with Gasteiger partial charge in [-0.3, -0.25) is 4.79 Å². The summed E-state index contributed by atoms with van der Waals surface area (Å²) >= 11 is 1.60. The third-order valence-corrected chi connectivity index (χ3v) is 3.96. The van der Waals surface area contributed by atoms with Crippen LogP contribution in [0.5, 0.6) is 0 Å². The van der Waals surface area contributed by atoms with E-state index >= 15 is 0 Å². The molecule has 1 aromatic carbocycles. The van der Waals surface area contributed by atoms with Crippen molar-refractivity contribution in [3.8, 4) is 0 Å². The van der Waals surface area contributed by atoms with Gasteiger partial charge in [0.05, 0.1) is 5.75 Å². The van der Waals surface area contributed by atoms with Crippen LogP contribution in [-0.2, 0) is 11.3 Å². The third kappa shape index (κ3) is 6.44. The zero-order valence-electron chi connectivity index (χ0n) is 13.2. The van der Waals surface area contributed by atoms with Crippen LogP contribution >= 0.6 is 11.8 Å². The summed E-state index contributed by atoms with van der Waals surface area (Å²) < 4.78 is 0. The molecule has 1 rings (SSSR count). The second-order valence-electron chi connectivity index (χ2n) is 5.95. The maximum Gasteiger partial charge on any atom is 0.232 e. The quantitative estimate of drug-likeness (QED) is 0.818. The molecule has 0 heterocycles. The maximum atomic E-state index is 11.8. The molecule has 0 aliphatic heterocycles. The predicted molar refractivity (Wildman–Crippen MR) is 87.1 cm³/mol. The molecule has 1 aromatic rings. The molecular weight excluding hydrogens is 268 g/mol. The van der Waals surface area contributed by atoms with Crippen LogP contribution < -0.4 is 5.32 Å². The third-order valence-electron chi connectivity index (χ3n) is 2.98. The molecular formula is C16H26N2OS. The number of benzene rings is 1. The Morgan fingerprint density at radius 2 is 2.05 bits per heavy atom. The fourth-order valence-electron chi connectivity index (χ4n) is 1.54. The highest BCUT2D eigenvalue weighted by molar-refractivity contribution is 8.00. The highest BCUT2D eigenvalue weighted by atomic mass is 32.2. The van der Waals surface area contributed by atoms with Crippen molar-refractivity contribution in [3.05, 3.63) is 29.8 Å². The van der Waals surface area contributed by atoms with Gasteiger partial charge in [0, 0.05) is 30.6 Å². The van der Waals surface area contributed by atoms with Gasteiger partial charge in [-0.1, -0.05) is 12.1 Å². The highest BCUT2D eigenvalue weighted by Crippen LogP contribution is 2.20. The molecule has 0 aliphatic carbocycles. The lowest BCUT2D eigenvalue weighted by Crippen LogP contribution is -2.35. The zero-order valence-corrected chi connectivity index (χ0v) is 14.0. The summed E-state index contributed by atoms with van der Waals surface area (Å²) in [6.07, 6.45) is 0. The molecule has 0 bridgehead atoms. The van der Waals surface area contributed by atoms with E-state index in [0.717, 1.165) is 18.0 Å². The summed E-state index contributed by atoms with van der Waals surface area (Å²) in [6, 6.07) is 8.38. The van der Waals surface area contributed by atoms with E-state index < -0.39 is 0 Å². The lowest BCUT2D eigenvalue weighted by atomic mass is 10.1. The van der Waals surface area contributed by atoms with Crippen LogP contribution in [-0.4, -0.2) is 35.7 Å². The SMILES string of the molecule is CCN(C)C(=O)CSc1cccc(CNC(C)(C)C)c1. The van der Waals surface area contributed by atoms with E-state index in [1.54, 1.807) is 16.7 Å². The molecule has 0 spiro atoms. The first kappa shape index (κ1) is 17.1. The molecule has 0 radical (unpaired) electrons. The molecule has 20 heavy (non-hydrogen) atoms. The van der Waals surface area contributed by atoms with Crippen molar-refractivity contribution in [1.82, 2.24) is 10.2 Å². The lowest BCUT2D eigenvalue weighted by Gasteiger charge is -2.20. The van der Waals surface area contributed by atoms with Gasteiger partial charge in [0.15, 0.2) is 0 Å². The van der Waals surface area contributed by atoms with Gasteiger partial charge in [0.2, 0.25) is 5.91 Å². The molecule has 1 amide bonds. The van der Waals surface area contributed by atoms with Crippen LogP contribution in [0.1, 0.15) is 33.3 Å². The number of carbonyl (C=O) groups excluding carboxylic acids is 1. The monoisotopic (exact) mass is 294 g/mol. The van der Waals surface area contributed by atoms with Gasteiger partial charge < -0.3 is 10.2 Å². The molecule has 112 valence electrons. The Balaban J connectivity index is 2.53. The van der Waals surface area contributed by atoms with Gasteiger partial charge in [-0.05, 0) is 45.4 Å². The minimum absolute atomic E-state index is 0.114. The Bertz CT molecular complexity index is 440. The molecule has 0 saturated carbocycles. The summed E-state index contributed by atoms with van der Waals surface area (Å²) in [5, 5.41) is 3.47. The van der Waals surface area contributed by atoms with Crippen LogP contribution in [0.25, 0.3) is 0 Å². The second-order valence-corrected chi connectivity index (χ2v) is 7.00. The minimum atomic E-state index is 0.114. The van der Waals surface area contributed by atoms with E-state index in [-0.39, 0.29) is 11.4 Å². The van der Waals surface area contributed by atoms with Gasteiger partial charge in [-0.2, -0.15) is 0 Å². The Morgan fingerprint density at radius 1 is 1.35 bits per heavy atom. The normalized spacial score (nSPS) is 11.4. The average molecular weight is 294 g/mol. The number of rotatable bonds is 6. The van der Waals surface area contributed by atoms with Crippen LogP contribution in [0.2, 0.25) is 0 Å². The number of hydrogen-bond donors (Lipinski definition) is 1. The number of nitrogens with one attached hydrogen (secondary N) is 1. The van der Waals surface area contributed by atoms with Crippen molar-refractivity contribution in [2.45, 2.75) is 44.7 Å². The van der Waals surface area contributed by atoms with Gasteiger partial charge >= 0.3 is 0 Å². The Morgan fingerprint density at radius 3 is 2.65 bits per heavy atom. The number of thioether (sulfide) groups is 1. The summed E-state index contributed by atoms with van der Waals surface area (Å²) in [5.74, 6) is 0.677. The summed E-state index contributed by atoms with van der Waals surface area (Å²) in [6.45, 7) is 10.1. The topological polar surface area (TPSA) is 32.3 Å². The number of hydrogen-bond acceptors (Lipinski definition) is 3. The zero-order chi connectivity index (χ0) is 15.2. The van der Waals surface area contributed by atoms with E-state index in [9.17, 15) is 4.79 Å². The second kappa shape index (κ2) is 7.70. The van der Waals surface area contributed by atoms with Crippen molar-refractivity contribution in [2.24, 2.45) is 0 Å². The van der Waals surface area contributed by atoms with Crippen molar-refractivity contribution >= 4 is 17.7 Å². The first-order valence-electron chi connectivity index (χ1n) is 7.02. The molecule has 0 atom stereocenters.